The van der Waals surface area contributed by atoms with Gasteiger partial charge in [0.15, 0.2) is 5.13 Å². The van der Waals surface area contributed by atoms with Crippen molar-refractivity contribution in [1.82, 2.24) is 4.98 Å². The van der Waals surface area contributed by atoms with E-state index in [1.807, 2.05) is 0 Å². The molecular formula is C16H10N4O5S2. The molecule has 9 nitrogen and oxygen atoms in total. The van der Waals surface area contributed by atoms with Crippen LogP contribution in [0, 0.1) is 20.2 Å². The Morgan fingerprint density at radius 2 is 1.74 bits per heavy atom. The Labute approximate surface area is 159 Å². The number of rotatable bonds is 6. The average Bonchev–Trinajstić information content (AvgIpc) is 3.29. The molecule has 136 valence electrons. The summed E-state index contributed by atoms with van der Waals surface area (Å²) in [6.45, 7) is 0. The molecule has 0 spiro atoms. The number of hydrogen-bond acceptors (Lipinski definition) is 8. The normalized spacial score (nSPS) is 10.8. The van der Waals surface area contributed by atoms with Crippen LogP contribution in [0.25, 0.3) is 16.6 Å². The van der Waals surface area contributed by atoms with E-state index in [1.165, 1.54) is 70.5 Å². The van der Waals surface area contributed by atoms with E-state index < -0.39 is 15.8 Å². The smallest absolute Gasteiger partial charge is 0.280 e. The summed E-state index contributed by atoms with van der Waals surface area (Å²) in [5.41, 5.74) is 1.16. The van der Waals surface area contributed by atoms with Gasteiger partial charge in [-0.15, -0.1) is 22.7 Å². The van der Waals surface area contributed by atoms with Gasteiger partial charge in [-0.2, -0.15) is 0 Å². The number of hydrogen-bond donors (Lipinski definition) is 1. The van der Waals surface area contributed by atoms with E-state index in [1.54, 1.807) is 5.38 Å². The fraction of sp³-hybridized carbons (Fsp3) is 0. The zero-order valence-corrected chi connectivity index (χ0v) is 15.0. The third-order valence-corrected chi connectivity index (χ3v) is 5.01. The molecule has 1 N–H and O–H groups in total. The zero-order valence-electron chi connectivity index (χ0n) is 13.4. The van der Waals surface area contributed by atoms with Gasteiger partial charge >= 0.3 is 0 Å². The number of nitro groups is 2. The van der Waals surface area contributed by atoms with Crippen molar-refractivity contribution < 1.29 is 14.6 Å². The first-order valence-electron chi connectivity index (χ1n) is 7.35. The maximum Gasteiger partial charge on any atom is 0.280 e. The molecule has 3 rings (SSSR count). The number of carbonyl (C=O) groups is 1. The third kappa shape index (κ3) is 4.59. The number of thiazole rings is 1. The van der Waals surface area contributed by atoms with Crippen molar-refractivity contribution in [2.24, 2.45) is 0 Å². The second-order valence-electron chi connectivity index (χ2n) is 5.14. The fourth-order valence-corrected chi connectivity index (χ4v) is 3.63. The summed E-state index contributed by atoms with van der Waals surface area (Å²) in [6.07, 6.45) is 2.81. The SMILES string of the molecule is O=C(C=Cc1ccc([N+](=O)[O-])cc1)Nc1nc(-c2cc([N+](=O)[O-])cs2)cs1. The lowest BCUT2D eigenvalue weighted by atomic mass is 10.2. The van der Waals surface area contributed by atoms with E-state index in [0.29, 0.717) is 21.3 Å². The van der Waals surface area contributed by atoms with E-state index in [-0.39, 0.29) is 11.4 Å². The number of aromatic nitrogens is 1. The van der Waals surface area contributed by atoms with Crippen molar-refractivity contribution in [3.63, 3.8) is 0 Å². The lowest BCUT2D eigenvalue weighted by Gasteiger charge is -1.96. The molecule has 0 saturated carbocycles. The molecule has 2 heterocycles. The summed E-state index contributed by atoms with van der Waals surface area (Å²) in [6, 6.07) is 7.20. The number of non-ortho nitro benzene ring substituents is 1. The average molecular weight is 402 g/mol. The van der Waals surface area contributed by atoms with Crippen molar-refractivity contribution in [2.75, 3.05) is 5.32 Å². The van der Waals surface area contributed by atoms with Gasteiger partial charge < -0.3 is 0 Å². The first kappa shape index (κ1) is 18.4. The van der Waals surface area contributed by atoms with Gasteiger partial charge in [-0.3, -0.25) is 30.3 Å². The van der Waals surface area contributed by atoms with Crippen LogP contribution in [-0.2, 0) is 4.79 Å². The Bertz CT molecular complexity index is 1040. The summed E-state index contributed by atoms with van der Waals surface area (Å²) >= 11 is 2.40. The largest absolute Gasteiger partial charge is 0.298 e. The Morgan fingerprint density at radius 1 is 1.04 bits per heavy atom. The fourth-order valence-electron chi connectivity index (χ4n) is 2.03. The molecule has 11 heteroatoms. The molecular weight excluding hydrogens is 392 g/mol. The zero-order chi connectivity index (χ0) is 19.4. The predicted molar refractivity (Wildman–Crippen MR) is 103 cm³/mol. The number of nitro benzene ring substituents is 1. The van der Waals surface area contributed by atoms with Gasteiger partial charge in [-0.05, 0) is 23.8 Å². The number of nitrogens with one attached hydrogen (secondary N) is 1. The first-order chi connectivity index (χ1) is 12.9. The minimum absolute atomic E-state index is 0.000355. The predicted octanol–water partition coefficient (Wildman–Crippen LogP) is 4.34. The molecule has 0 unspecified atom stereocenters. The van der Waals surface area contributed by atoms with Crippen LogP contribution < -0.4 is 5.32 Å². The van der Waals surface area contributed by atoms with Crippen molar-refractivity contribution in [3.8, 4) is 10.6 Å². The van der Waals surface area contributed by atoms with Crippen molar-refractivity contribution in [2.45, 2.75) is 0 Å². The van der Waals surface area contributed by atoms with Gasteiger partial charge in [0.1, 0.15) is 0 Å². The molecule has 0 radical (unpaired) electrons. The molecule has 27 heavy (non-hydrogen) atoms. The Balaban J connectivity index is 1.63. The van der Waals surface area contributed by atoms with Gasteiger partial charge in [0.25, 0.3) is 11.4 Å². The first-order valence-corrected chi connectivity index (χ1v) is 9.10. The summed E-state index contributed by atoms with van der Waals surface area (Å²) in [5, 5.41) is 27.4. The van der Waals surface area contributed by atoms with Crippen molar-refractivity contribution in [1.29, 1.82) is 0 Å². The van der Waals surface area contributed by atoms with Gasteiger partial charge in [0, 0.05) is 29.7 Å². The Kier molecular flexibility index (Phi) is 5.33. The maximum absolute atomic E-state index is 12.0. The highest BCUT2D eigenvalue weighted by Crippen LogP contribution is 2.32. The molecule has 0 bridgehead atoms. The number of carbonyl (C=O) groups excluding carboxylic acids is 1. The molecule has 0 fully saturated rings. The quantitative estimate of drug-likeness (QED) is 0.371. The van der Waals surface area contributed by atoms with Gasteiger partial charge in [-0.25, -0.2) is 4.98 Å². The Morgan fingerprint density at radius 3 is 2.37 bits per heavy atom. The lowest BCUT2D eigenvalue weighted by molar-refractivity contribution is -0.384. The third-order valence-electron chi connectivity index (χ3n) is 3.31. The number of benzene rings is 1. The van der Waals surface area contributed by atoms with E-state index in [4.69, 9.17) is 0 Å². The van der Waals surface area contributed by atoms with Gasteiger partial charge in [0.2, 0.25) is 5.91 Å². The molecule has 1 aromatic carbocycles. The monoisotopic (exact) mass is 402 g/mol. The van der Waals surface area contributed by atoms with Crippen LogP contribution in [0.15, 0.2) is 47.2 Å². The van der Waals surface area contributed by atoms with Crippen LogP contribution in [0.5, 0.6) is 0 Å². The van der Waals surface area contributed by atoms with Crippen LogP contribution in [0.1, 0.15) is 5.56 Å². The van der Waals surface area contributed by atoms with Crippen molar-refractivity contribution in [3.05, 3.63) is 73.0 Å². The lowest BCUT2D eigenvalue weighted by Crippen LogP contribution is -2.07. The van der Waals surface area contributed by atoms with Crippen LogP contribution in [0.2, 0.25) is 0 Å². The van der Waals surface area contributed by atoms with E-state index >= 15 is 0 Å². The molecule has 0 saturated heterocycles. The topological polar surface area (TPSA) is 128 Å². The van der Waals surface area contributed by atoms with Gasteiger partial charge in [0.05, 0.1) is 25.8 Å². The summed E-state index contributed by atoms with van der Waals surface area (Å²) in [7, 11) is 0. The second-order valence-corrected chi connectivity index (χ2v) is 6.90. The highest BCUT2D eigenvalue weighted by Gasteiger charge is 2.13. The second kappa shape index (κ2) is 7.85. The maximum atomic E-state index is 12.0. The van der Waals surface area contributed by atoms with E-state index in [2.05, 4.69) is 10.3 Å². The highest BCUT2D eigenvalue weighted by atomic mass is 32.1. The van der Waals surface area contributed by atoms with Crippen LogP contribution in [-0.4, -0.2) is 20.7 Å². The molecule has 2 aromatic heterocycles. The van der Waals surface area contributed by atoms with Gasteiger partial charge in [-0.1, -0.05) is 0 Å². The highest BCUT2D eigenvalue weighted by molar-refractivity contribution is 7.16. The molecule has 1 amide bonds. The molecule has 0 aliphatic rings. The standard InChI is InChI=1S/C16H10N4O5S2/c21-15(6-3-10-1-4-11(5-2-10)19(22)23)18-16-17-13(9-27-16)14-7-12(8-26-14)20(24)25/h1-9H,(H,17,18,21). The minimum Gasteiger partial charge on any atom is -0.298 e. The van der Waals surface area contributed by atoms with Crippen LogP contribution >= 0.6 is 22.7 Å². The Hall–Kier alpha value is -3.44. The van der Waals surface area contributed by atoms with Crippen LogP contribution in [0.4, 0.5) is 16.5 Å². The number of anilines is 1. The number of nitrogens with zero attached hydrogens (tertiary/aromatic N) is 3. The number of amides is 1. The minimum atomic E-state index is -0.498. The van der Waals surface area contributed by atoms with E-state index in [9.17, 15) is 25.0 Å². The molecule has 0 aliphatic carbocycles. The van der Waals surface area contributed by atoms with Crippen molar-refractivity contribution >= 4 is 51.2 Å². The summed E-state index contributed by atoms with van der Waals surface area (Å²) < 4.78 is 0. The van der Waals surface area contributed by atoms with Crippen LogP contribution in [0.3, 0.4) is 0 Å². The molecule has 0 atom stereocenters. The summed E-state index contributed by atoms with van der Waals surface area (Å²) in [4.78, 5) is 37.2. The number of thiophene rings is 1. The summed E-state index contributed by atoms with van der Waals surface area (Å²) in [5.74, 6) is -0.411. The molecule has 3 aromatic rings. The molecule has 0 aliphatic heterocycles. The van der Waals surface area contributed by atoms with E-state index in [0.717, 1.165) is 0 Å².